The second-order valence-corrected chi connectivity index (χ2v) is 8.16. The molecule has 2 aliphatic rings. The van der Waals surface area contributed by atoms with Gasteiger partial charge in [-0.1, -0.05) is 13.8 Å². The third-order valence-electron chi connectivity index (χ3n) is 5.83. The topological polar surface area (TPSA) is 79.0 Å². The van der Waals surface area contributed by atoms with E-state index in [1.165, 1.54) is 0 Å². The molecular formula is C18H28N6O2. The summed E-state index contributed by atoms with van der Waals surface area (Å²) in [6.45, 7) is 10.7. The van der Waals surface area contributed by atoms with E-state index in [1.807, 2.05) is 12.3 Å². The van der Waals surface area contributed by atoms with Crippen molar-refractivity contribution in [3.63, 3.8) is 0 Å². The number of aliphatic hydroxyl groups is 1. The summed E-state index contributed by atoms with van der Waals surface area (Å²) in [4.78, 5) is 13.4. The van der Waals surface area contributed by atoms with Crippen molar-refractivity contribution >= 4 is 5.78 Å². The Kier molecular flexibility index (Phi) is 4.68. The van der Waals surface area contributed by atoms with E-state index in [9.17, 15) is 5.11 Å². The van der Waals surface area contributed by atoms with Gasteiger partial charge in [0, 0.05) is 50.5 Å². The van der Waals surface area contributed by atoms with Gasteiger partial charge in [0.2, 0.25) is 0 Å². The number of ether oxygens (including phenoxy) is 1. The summed E-state index contributed by atoms with van der Waals surface area (Å²) < 4.78 is 7.14. The molecule has 1 atom stereocenters. The zero-order valence-corrected chi connectivity index (χ0v) is 15.6. The van der Waals surface area contributed by atoms with Crippen molar-refractivity contribution in [3.8, 4) is 0 Å². The van der Waals surface area contributed by atoms with Crippen molar-refractivity contribution in [2.75, 3.05) is 45.9 Å². The van der Waals surface area contributed by atoms with Crippen molar-refractivity contribution in [2.45, 2.75) is 32.4 Å². The van der Waals surface area contributed by atoms with Crippen LogP contribution < -0.4 is 0 Å². The highest BCUT2D eigenvalue weighted by atomic mass is 16.5. The molecular weight excluding hydrogens is 332 g/mol. The maximum Gasteiger partial charge on any atom is 0.252 e. The average Bonchev–Trinajstić information content (AvgIpc) is 3.01. The van der Waals surface area contributed by atoms with Crippen LogP contribution in [0.1, 0.15) is 26.1 Å². The van der Waals surface area contributed by atoms with Crippen molar-refractivity contribution < 1.29 is 9.84 Å². The summed E-state index contributed by atoms with van der Waals surface area (Å²) in [6.07, 6.45) is 4.34. The first-order chi connectivity index (χ1) is 12.5. The van der Waals surface area contributed by atoms with Crippen LogP contribution in [0.5, 0.6) is 0 Å². The summed E-state index contributed by atoms with van der Waals surface area (Å²) >= 11 is 0. The van der Waals surface area contributed by atoms with Crippen LogP contribution in [-0.4, -0.2) is 86.0 Å². The van der Waals surface area contributed by atoms with Crippen LogP contribution >= 0.6 is 0 Å². The van der Waals surface area contributed by atoms with Crippen LogP contribution in [0.3, 0.4) is 0 Å². The Labute approximate surface area is 153 Å². The lowest BCUT2D eigenvalue weighted by atomic mass is 9.69. The van der Waals surface area contributed by atoms with Crippen molar-refractivity contribution in [2.24, 2.45) is 5.41 Å². The number of hydrogen-bond donors (Lipinski definition) is 1. The molecule has 0 aromatic carbocycles. The summed E-state index contributed by atoms with van der Waals surface area (Å²) in [6, 6.07) is 1.85. The molecule has 26 heavy (non-hydrogen) atoms. The summed E-state index contributed by atoms with van der Waals surface area (Å²) in [7, 11) is 0. The highest BCUT2D eigenvalue weighted by Crippen LogP contribution is 2.39. The van der Waals surface area contributed by atoms with Crippen LogP contribution in [0.2, 0.25) is 0 Å². The first kappa shape index (κ1) is 17.8. The van der Waals surface area contributed by atoms with Crippen LogP contribution in [0.15, 0.2) is 18.5 Å². The fourth-order valence-electron chi connectivity index (χ4n) is 4.07. The molecule has 8 nitrogen and oxygen atoms in total. The van der Waals surface area contributed by atoms with Gasteiger partial charge in [-0.2, -0.15) is 4.98 Å². The first-order valence-electron chi connectivity index (χ1n) is 9.36. The molecule has 0 aliphatic carbocycles. The summed E-state index contributed by atoms with van der Waals surface area (Å²) in [5.41, 5.74) is -0.893. The Morgan fingerprint density at radius 1 is 1.19 bits per heavy atom. The molecule has 0 radical (unpaired) electrons. The molecule has 2 saturated heterocycles. The average molecular weight is 360 g/mol. The van der Waals surface area contributed by atoms with Gasteiger partial charge >= 0.3 is 0 Å². The van der Waals surface area contributed by atoms with E-state index in [1.54, 1.807) is 10.7 Å². The molecule has 4 rings (SSSR count). The number of fused-ring (bicyclic) bond motifs is 1. The number of hydrogen-bond acceptors (Lipinski definition) is 7. The number of likely N-dealkylation sites (tertiary alicyclic amines) is 1. The normalized spacial score (nSPS) is 27.8. The molecule has 142 valence electrons. The van der Waals surface area contributed by atoms with Crippen molar-refractivity contribution in [1.29, 1.82) is 0 Å². The van der Waals surface area contributed by atoms with Gasteiger partial charge in [0.1, 0.15) is 0 Å². The highest BCUT2D eigenvalue weighted by Gasteiger charge is 2.48. The zero-order chi connectivity index (χ0) is 18.2. The minimum absolute atomic E-state index is 0.207. The SMILES string of the molecule is CC1(C)CN(Cc2nc3ncccn3n2)CCC1(O)CN1CCOCC1. The second kappa shape index (κ2) is 6.84. The number of morpholine rings is 1. The van der Waals surface area contributed by atoms with Crippen molar-refractivity contribution in [3.05, 3.63) is 24.3 Å². The molecule has 2 fully saturated rings. The van der Waals surface area contributed by atoms with E-state index >= 15 is 0 Å². The largest absolute Gasteiger partial charge is 0.388 e. The molecule has 2 aromatic rings. The van der Waals surface area contributed by atoms with E-state index in [2.05, 4.69) is 38.7 Å². The van der Waals surface area contributed by atoms with Crippen LogP contribution in [0.25, 0.3) is 5.78 Å². The standard InChI is InChI=1S/C18H28N6O2/c1-17(2)13-23(12-15-20-16-19-5-3-6-24(16)21-15)7-4-18(17,25)14-22-8-10-26-11-9-22/h3,5-6,25H,4,7-14H2,1-2H3. The van der Waals surface area contributed by atoms with Crippen molar-refractivity contribution in [1.82, 2.24) is 29.4 Å². The monoisotopic (exact) mass is 360 g/mol. The fourth-order valence-corrected chi connectivity index (χ4v) is 4.07. The van der Waals surface area contributed by atoms with E-state index in [4.69, 9.17) is 4.74 Å². The molecule has 0 saturated carbocycles. The quantitative estimate of drug-likeness (QED) is 0.846. The minimum Gasteiger partial charge on any atom is -0.388 e. The highest BCUT2D eigenvalue weighted by molar-refractivity contribution is 5.24. The van der Waals surface area contributed by atoms with E-state index < -0.39 is 5.60 Å². The van der Waals surface area contributed by atoms with Gasteiger partial charge in [0.05, 0.1) is 25.4 Å². The Balaban J connectivity index is 1.42. The van der Waals surface area contributed by atoms with Gasteiger partial charge in [0.25, 0.3) is 5.78 Å². The zero-order valence-electron chi connectivity index (χ0n) is 15.6. The Morgan fingerprint density at radius 2 is 2.00 bits per heavy atom. The summed E-state index contributed by atoms with van der Waals surface area (Å²) in [5, 5.41) is 15.9. The predicted octanol–water partition coefficient (Wildman–Crippen LogP) is 0.420. The number of piperidine rings is 1. The van der Waals surface area contributed by atoms with Gasteiger partial charge in [-0.25, -0.2) is 9.50 Å². The smallest absolute Gasteiger partial charge is 0.252 e. The molecule has 8 heteroatoms. The number of β-amino-alcohol motifs (C(OH)–C–C–N with tert-alkyl or cyclic N) is 1. The Bertz CT molecular complexity index is 724. The molecule has 2 aromatic heterocycles. The van der Waals surface area contributed by atoms with Gasteiger partial charge in [0.15, 0.2) is 5.82 Å². The summed E-state index contributed by atoms with van der Waals surface area (Å²) in [5.74, 6) is 1.40. The Morgan fingerprint density at radius 3 is 2.73 bits per heavy atom. The van der Waals surface area contributed by atoms with Crippen LogP contribution in [0.4, 0.5) is 0 Å². The Hall–Kier alpha value is -1.61. The lowest BCUT2D eigenvalue weighted by Gasteiger charge is -2.52. The van der Waals surface area contributed by atoms with E-state index in [0.717, 1.165) is 51.6 Å². The third kappa shape index (κ3) is 3.46. The van der Waals surface area contributed by atoms with Gasteiger partial charge < -0.3 is 9.84 Å². The maximum absolute atomic E-state index is 11.4. The molecule has 2 aliphatic heterocycles. The second-order valence-electron chi connectivity index (χ2n) is 8.16. The molecule has 0 spiro atoms. The fraction of sp³-hybridized carbons (Fsp3) is 0.722. The predicted molar refractivity (Wildman–Crippen MR) is 96.7 cm³/mol. The van der Waals surface area contributed by atoms with Gasteiger partial charge in [-0.15, -0.1) is 5.10 Å². The van der Waals surface area contributed by atoms with Crippen LogP contribution in [-0.2, 0) is 11.3 Å². The minimum atomic E-state index is -0.686. The van der Waals surface area contributed by atoms with Gasteiger partial charge in [-0.3, -0.25) is 9.80 Å². The lowest BCUT2D eigenvalue weighted by Crippen LogP contribution is -2.62. The molecule has 1 N–H and O–H groups in total. The molecule has 0 amide bonds. The molecule has 1 unspecified atom stereocenters. The number of nitrogens with zero attached hydrogens (tertiary/aromatic N) is 6. The van der Waals surface area contributed by atoms with E-state index in [-0.39, 0.29) is 5.41 Å². The number of aromatic nitrogens is 4. The maximum atomic E-state index is 11.4. The first-order valence-corrected chi connectivity index (χ1v) is 9.36. The van der Waals surface area contributed by atoms with E-state index in [0.29, 0.717) is 18.9 Å². The lowest BCUT2D eigenvalue weighted by molar-refractivity contribution is -0.141. The molecule has 0 bridgehead atoms. The number of rotatable bonds is 4. The van der Waals surface area contributed by atoms with Gasteiger partial charge in [-0.05, 0) is 12.5 Å². The van der Waals surface area contributed by atoms with Crippen LogP contribution in [0, 0.1) is 5.41 Å². The third-order valence-corrected chi connectivity index (χ3v) is 5.83. The molecule has 4 heterocycles.